The second kappa shape index (κ2) is 4.26. The van der Waals surface area contributed by atoms with Gasteiger partial charge in [-0.3, -0.25) is 0 Å². The first-order chi connectivity index (χ1) is 8.27. The Kier molecular flexibility index (Phi) is 2.74. The first-order valence-electron chi connectivity index (χ1n) is 5.45. The number of benzene rings is 1. The monoisotopic (exact) mass is 260 g/mol. The smallest absolute Gasteiger partial charge is 0.115 e. The molecule has 0 saturated carbocycles. The van der Waals surface area contributed by atoms with E-state index in [0.29, 0.717) is 0 Å². The Morgan fingerprint density at radius 2 is 1.94 bits per heavy atom. The number of hydrogen-bond acceptors (Lipinski definition) is 3. The molecule has 0 aliphatic heterocycles. The molecule has 3 aromatic rings. The van der Waals surface area contributed by atoms with Crippen molar-refractivity contribution < 1.29 is 5.11 Å². The summed E-state index contributed by atoms with van der Waals surface area (Å²) in [5.41, 5.74) is 2.19. The van der Waals surface area contributed by atoms with Gasteiger partial charge in [-0.05, 0) is 40.8 Å². The van der Waals surface area contributed by atoms with E-state index in [1.807, 2.05) is 24.4 Å². The summed E-state index contributed by atoms with van der Waals surface area (Å²) < 4.78 is 1.23. The Hall–Kier alpha value is -1.16. The molecule has 0 saturated heterocycles. The first kappa shape index (κ1) is 11.0. The summed E-state index contributed by atoms with van der Waals surface area (Å²) in [7, 11) is 0. The van der Waals surface area contributed by atoms with Gasteiger partial charge in [-0.25, -0.2) is 0 Å². The van der Waals surface area contributed by atoms with Crippen LogP contribution in [0, 0.1) is 6.92 Å². The zero-order valence-corrected chi connectivity index (χ0v) is 11.0. The molecule has 86 valence electrons. The van der Waals surface area contributed by atoms with Crippen LogP contribution in [0.25, 0.3) is 10.1 Å². The molecule has 0 radical (unpaired) electrons. The zero-order valence-electron chi connectivity index (χ0n) is 9.38. The van der Waals surface area contributed by atoms with Crippen molar-refractivity contribution in [1.29, 1.82) is 0 Å². The van der Waals surface area contributed by atoms with Crippen LogP contribution in [0.3, 0.4) is 0 Å². The summed E-state index contributed by atoms with van der Waals surface area (Å²) in [4.78, 5) is 1.05. The van der Waals surface area contributed by atoms with Gasteiger partial charge in [-0.1, -0.05) is 18.2 Å². The van der Waals surface area contributed by atoms with Crippen LogP contribution in [0.2, 0.25) is 0 Å². The maximum Gasteiger partial charge on any atom is 0.115 e. The predicted molar refractivity (Wildman–Crippen MR) is 74.9 cm³/mol. The lowest BCUT2D eigenvalue weighted by Crippen LogP contribution is -1.97. The molecular weight excluding hydrogens is 248 g/mol. The van der Waals surface area contributed by atoms with E-state index in [4.69, 9.17) is 0 Å². The highest BCUT2D eigenvalue weighted by molar-refractivity contribution is 7.17. The van der Waals surface area contributed by atoms with Crippen LogP contribution in [0.4, 0.5) is 0 Å². The van der Waals surface area contributed by atoms with E-state index >= 15 is 0 Å². The van der Waals surface area contributed by atoms with E-state index in [-0.39, 0.29) is 0 Å². The number of thiophene rings is 2. The average Bonchev–Trinajstić information content (AvgIpc) is 2.94. The maximum absolute atomic E-state index is 10.5. The highest BCUT2D eigenvalue weighted by Crippen LogP contribution is 2.36. The van der Waals surface area contributed by atoms with Crippen molar-refractivity contribution in [2.24, 2.45) is 0 Å². The Labute approximate surface area is 108 Å². The van der Waals surface area contributed by atoms with Gasteiger partial charge >= 0.3 is 0 Å². The number of fused-ring (bicyclic) bond motifs is 1. The van der Waals surface area contributed by atoms with Gasteiger partial charge in [0.15, 0.2) is 0 Å². The van der Waals surface area contributed by atoms with Gasteiger partial charge in [-0.2, -0.15) is 0 Å². The van der Waals surface area contributed by atoms with E-state index in [2.05, 4.69) is 23.6 Å². The fourth-order valence-corrected chi connectivity index (χ4v) is 3.92. The predicted octanol–water partition coefficient (Wildman–Crippen LogP) is 4.35. The van der Waals surface area contributed by atoms with Crippen molar-refractivity contribution in [3.63, 3.8) is 0 Å². The van der Waals surface area contributed by atoms with Crippen molar-refractivity contribution >= 4 is 32.8 Å². The van der Waals surface area contributed by atoms with E-state index in [9.17, 15) is 5.11 Å². The second-order valence-corrected chi connectivity index (χ2v) is 5.92. The minimum Gasteiger partial charge on any atom is -0.383 e. The highest BCUT2D eigenvalue weighted by Gasteiger charge is 2.17. The van der Waals surface area contributed by atoms with Gasteiger partial charge < -0.3 is 5.11 Å². The maximum atomic E-state index is 10.5. The van der Waals surface area contributed by atoms with Crippen molar-refractivity contribution in [3.8, 4) is 0 Å². The van der Waals surface area contributed by atoms with Crippen LogP contribution in [0.1, 0.15) is 22.1 Å². The lowest BCUT2D eigenvalue weighted by Gasteiger charge is -2.09. The van der Waals surface area contributed by atoms with Gasteiger partial charge in [-0.15, -0.1) is 22.7 Å². The average molecular weight is 260 g/mol. The van der Waals surface area contributed by atoms with Gasteiger partial charge in [0, 0.05) is 15.1 Å². The number of aliphatic hydroxyl groups is 1. The van der Waals surface area contributed by atoms with E-state index in [1.54, 1.807) is 22.7 Å². The van der Waals surface area contributed by atoms with Crippen molar-refractivity contribution in [2.45, 2.75) is 13.0 Å². The van der Waals surface area contributed by atoms with Crippen molar-refractivity contribution in [3.05, 3.63) is 57.1 Å². The first-order valence-corrected chi connectivity index (χ1v) is 7.21. The molecule has 1 atom stereocenters. The van der Waals surface area contributed by atoms with Gasteiger partial charge in [0.2, 0.25) is 0 Å². The van der Waals surface area contributed by atoms with Crippen LogP contribution in [0.15, 0.2) is 41.1 Å². The highest BCUT2D eigenvalue weighted by atomic mass is 32.1. The van der Waals surface area contributed by atoms with Crippen molar-refractivity contribution in [1.82, 2.24) is 0 Å². The largest absolute Gasteiger partial charge is 0.383 e. The fourth-order valence-electron chi connectivity index (χ4n) is 2.02. The van der Waals surface area contributed by atoms with E-state index in [1.165, 1.54) is 4.70 Å². The molecule has 0 fully saturated rings. The van der Waals surface area contributed by atoms with Crippen LogP contribution in [-0.4, -0.2) is 5.11 Å². The summed E-state index contributed by atoms with van der Waals surface area (Å²) in [6.45, 7) is 2.05. The molecule has 1 unspecified atom stereocenters. The van der Waals surface area contributed by atoms with Gasteiger partial charge in [0.1, 0.15) is 6.10 Å². The summed E-state index contributed by atoms with van der Waals surface area (Å²) in [6.07, 6.45) is -0.494. The third-order valence-corrected chi connectivity index (χ3v) is 5.01. The normalized spacial score (nSPS) is 13.1. The summed E-state index contributed by atoms with van der Waals surface area (Å²) in [5.74, 6) is 0. The fraction of sp³-hybridized carbons (Fsp3) is 0.143. The lowest BCUT2D eigenvalue weighted by atomic mass is 10.1. The standard InChI is InChI=1S/C14H12OS2/c1-9-6-7-16-14(9)13(15)11-8-17-12-5-3-2-4-10(11)12/h2-8,13,15H,1H3. The lowest BCUT2D eigenvalue weighted by molar-refractivity contribution is 0.225. The van der Waals surface area contributed by atoms with Gasteiger partial charge in [0.25, 0.3) is 0 Å². The number of aryl methyl sites for hydroxylation is 1. The molecule has 0 aliphatic rings. The third kappa shape index (κ3) is 1.80. The summed E-state index contributed by atoms with van der Waals surface area (Å²) in [6, 6.07) is 10.3. The molecule has 1 aromatic carbocycles. The molecule has 0 amide bonds. The Bertz CT molecular complexity index is 651. The molecule has 0 bridgehead atoms. The van der Waals surface area contributed by atoms with Crippen LogP contribution in [0.5, 0.6) is 0 Å². The van der Waals surface area contributed by atoms with Crippen LogP contribution in [-0.2, 0) is 0 Å². The Morgan fingerprint density at radius 3 is 2.71 bits per heavy atom. The molecular formula is C14H12OS2. The molecule has 1 N–H and O–H groups in total. The Balaban J connectivity index is 2.13. The van der Waals surface area contributed by atoms with Crippen molar-refractivity contribution in [2.75, 3.05) is 0 Å². The molecule has 3 heteroatoms. The second-order valence-electron chi connectivity index (χ2n) is 4.06. The molecule has 2 aromatic heterocycles. The Morgan fingerprint density at radius 1 is 1.12 bits per heavy atom. The van der Waals surface area contributed by atoms with E-state index < -0.39 is 6.10 Å². The van der Waals surface area contributed by atoms with Crippen LogP contribution >= 0.6 is 22.7 Å². The minimum absolute atomic E-state index is 0.494. The number of hydrogen-bond donors (Lipinski definition) is 1. The van der Waals surface area contributed by atoms with Crippen LogP contribution < -0.4 is 0 Å². The molecule has 2 heterocycles. The number of aliphatic hydroxyl groups excluding tert-OH is 1. The minimum atomic E-state index is -0.494. The van der Waals surface area contributed by atoms with Gasteiger partial charge in [0.05, 0.1) is 0 Å². The molecule has 0 aliphatic carbocycles. The van der Waals surface area contributed by atoms with E-state index in [0.717, 1.165) is 21.4 Å². The summed E-state index contributed by atoms with van der Waals surface area (Å²) >= 11 is 3.31. The molecule has 3 rings (SSSR count). The SMILES string of the molecule is Cc1ccsc1C(O)c1csc2ccccc12. The topological polar surface area (TPSA) is 20.2 Å². The quantitative estimate of drug-likeness (QED) is 0.726. The molecule has 17 heavy (non-hydrogen) atoms. The summed E-state index contributed by atoms with van der Waals surface area (Å²) in [5, 5.41) is 15.7. The molecule has 0 spiro atoms. The zero-order chi connectivity index (χ0) is 11.8. The number of rotatable bonds is 2. The third-order valence-electron chi connectivity index (χ3n) is 2.96. The molecule has 1 nitrogen and oxygen atoms in total.